The summed E-state index contributed by atoms with van der Waals surface area (Å²) < 4.78 is 26.9. The van der Waals surface area contributed by atoms with Crippen molar-refractivity contribution in [2.75, 3.05) is 13.1 Å². The van der Waals surface area contributed by atoms with E-state index in [-0.39, 0.29) is 35.8 Å². The molecule has 1 unspecified atom stereocenters. The number of H-pyrrole nitrogens is 1. The van der Waals surface area contributed by atoms with Crippen LogP contribution in [0, 0.1) is 5.92 Å². The molecule has 2 heterocycles. The van der Waals surface area contributed by atoms with Gasteiger partial charge in [-0.25, -0.2) is 8.78 Å². The molecule has 2 fully saturated rings. The first-order valence-electron chi connectivity index (χ1n) is 14.1. The van der Waals surface area contributed by atoms with Crippen molar-refractivity contribution in [1.29, 1.82) is 0 Å². The summed E-state index contributed by atoms with van der Waals surface area (Å²) >= 11 is 0. The number of benzene rings is 2. The van der Waals surface area contributed by atoms with Crippen LogP contribution in [-0.2, 0) is 21.9 Å². The zero-order valence-corrected chi connectivity index (χ0v) is 22.5. The van der Waals surface area contributed by atoms with E-state index in [0.29, 0.717) is 31.8 Å². The van der Waals surface area contributed by atoms with Crippen LogP contribution in [0.1, 0.15) is 68.1 Å². The van der Waals surface area contributed by atoms with E-state index in [9.17, 15) is 18.4 Å². The Hall–Kier alpha value is -3.26. The molecule has 2 aromatic carbocycles. The maximum Gasteiger partial charge on any atom is 0.270 e. The molecule has 1 atom stereocenters. The van der Waals surface area contributed by atoms with Gasteiger partial charge in [-0.05, 0) is 67.6 Å². The number of para-hydroxylation sites is 1. The number of hydrogen-bond acceptors (Lipinski definition) is 3. The molecule has 0 radical (unpaired) electrons. The van der Waals surface area contributed by atoms with E-state index < -0.39 is 12.0 Å². The molecule has 4 N–H and O–H groups in total. The molecule has 1 aromatic heterocycles. The number of rotatable bonds is 8. The number of carbonyl (C=O) groups excluding carboxylic acids is 2. The number of nitrogens with one attached hydrogen (secondary N) is 2. The van der Waals surface area contributed by atoms with Gasteiger partial charge < -0.3 is 20.9 Å². The Kier molecular flexibility index (Phi) is 8.03. The topological polar surface area (TPSA) is 91.2 Å². The summed E-state index contributed by atoms with van der Waals surface area (Å²) in [6.45, 7) is 1.99. The quantitative estimate of drug-likeness (QED) is 0.368. The van der Waals surface area contributed by atoms with Crippen LogP contribution in [0.3, 0.4) is 0 Å². The normalized spacial score (nSPS) is 21.7. The van der Waals surface area contributed by atoms with E-state index in [4.69, 9.17) is 5.73 Å². The first-order chi connectivity index (χ1) is 18.7. The van der Waals surface area contributed by atoms with Gasteiger partial charge in [-0.1, -0.05) is 42.5 Å². The standard InChI is InChI=1S/C31H38F2N4O2/c1-31(32,33)23-10-6-20(7-11-23)18-28(38)37-16-14-22(15-17-37)29(30(34)39)36-24-12-8-21(9-13-24)26-19-35-27-5-3-2-4-25(26)27/h2-7,10-11,19,21-22,24,29,35-36H,8-9,12-18H2,1H3,(H2,34,39). The minimum absolute atomic E-state index is 0.0244. The molecule has 5 rings (SSSR count). The van der Waals surface area contributed by atoms with Crippen molar-refractivity contribution in [1.82, 2.24) is 15.2 Å². The van der Waals surface area contributed by atoms with Gasteiger partial charge in [0, 0.05) is 48.7 Å². The van der Waals surface area contributed by atoms with E-state index in [1.54, 1.807) is 12.1 Å². The third-order valence-corrected chi connectivity index (χ3v) is 8.69. The predicted octanol–water partition coefficient (Wildman–Crippen LogP) is 5.23. The number of nitrogens with zero attached hydrogens (tertiary/aromatic N) is 1. The Morgan fingerprint density at radius 1 is 1.03 bits per heavy atom. The Bertz CT molecular complexity index is 1280. The number of hydrogen-bond donors (Lipinski definition) is 3. The number of piperidine rings is 1. The molecular formula is C31H38F2N4O2. The van der Waals surface area contributed by atoms with Crippen LogP contribution in [0.25, 0.3) is 10.9 Å². The lowest BCUT2D eigenvalue weighted by Gasteiger charge is -2.38. The van der Waals surface area contributed by atoms with Crippen molar-refractivity contribution in [2.24, 2.45) is 11.7 Å². The van der Waals surface area contributed by atoms with Gasteiger partial charge in [0.15, 0.2) is 0 Å². The van der Waals surface area contributed by atoms with Crippen LogP contribution < -0.4 is 11.1 Å². The fourth-order valence-electron chi connectivity index (χ4n) is 6.39. The van der Waals surface area contributed by atoms with Gasteiger partial charge in [0.1, 0.15) is 0 Å². The Morgan fingerprint density at radius 2 is 1.69 bits per heavy atom. The second-order valence-corrected chi connectivity index (χ2v) is 11.4. The van der Waals surface area contributed by atoms with Gasteiger partial charge in [-0.3, -0.25) is 9.59 Å². The number of carbonyl (C=O) groups is 2. The lowest BCUT2D eigenvalue weighted by atomic mass is 9.80. The monoisotopic (exact) mass is 536 g/mol. The first-order valence-corrected chi connectivity index (χ1v) is 14.1. The number of primary amides is 1. The summed E-state index contributed by atoms with van der Waals surface area (Å²) in [6.07, 6.45) is 7.85. The van der Waals surface area contributed by atoms with Gasteiger partial charge >= 0.3 is 0 Å². The average Bonchev–Trinajstić information content (AvgIpc) is 3.36. The number of aromatic nitrogens is 1. The smallest absolute Gasteiger partial charge is 0.270 e. The molecule has 1 aliphatic carbocycles. The number of halogens is 2. The third kappa shape index (κ3) is 6.32. The maximum absolute atomic E-state index is 13.5. The Morgan fingerprint density at radius 3 is 2.33 bits per heavy atom. The minimum atomic E-state index is -2.90. The molecular weight excluding hydrogens is 498 g/mol. The fraction of sp³-hybridized carbons (Fsp3) is 0.484. The van der Waals surface area contributed by atoms with Crippen molar-refractivity contribution in [3.8, 4) is 0 Å². The van der Waals surface area contributed by atoms with E-state index in [1.165, 1.54) is 28.6 Å². The molecule has 3 aromatic rings. The van der Waals surface area contributed by atoms with Gasteiger partial charge in [-0.2, -0.15) is 0 Å². The van der Waals surface area contributed by atoms with Gasteiger partial charge in [0.2, 0.25) is 11.8 Å². The van der Waals surface area contributed by atoms with Crippen molar-refractivity contribution in [2.45, 2.75) is 75.8 Å². The summed E-state index contributed by atoms with van der Waals surface area (Å²) in [7, 11) is 0. The zero-order valence-electron chi connectivity index (χ0n) is 22.5. The highest BCUT2D eigenvalue weighted by Gasteiger charge is 2.34. The number of fused-ring (bicyclic) bond motifs is 1. The molecule has 2 amide bonds. The molecule has 208 valence electrons. The van der Waals surface area contributed by atoms with Gasteiger partial charge in [0.25, 0.3) is 5.92 Å². The molecule has 6 nitrogen and oxygen atoms in total. The van der Waals surface area contributed by atoms with E-state index in [1.807, 2.05) is 11.0 Å². The molecule has 8 heteroatoms. The highest BCUT2D eigenvalue weighted by Crippen LogP contribution is 2.37. The largest absolute Gasteiger partial charge is 0.368 e. The van der Waals surface area contributed by atoms with Crippen molar-refractivity contribution >= 4 is 22.7 Å². The second-order valence-electron chi connectivity index (χ2n) is 11.4. The van der Waals surface area contributed by atoms with Crippen molar-refractivity contribution in [3.63, 3.8) is 0 Å². The van der Waals surface area contributed by atoms with Crippen molar-refractivity contribution in [3.05, 3.63) is 71.4 Å². The highest BCUT2D eigenvalue weighted by molar-refractivity contribution is 5.83. The zero-order chi connectivity index (χ0) is 27.6. The second kappa shape index (κ2) is 11.5. The molecule has 1 aliphatic heterocycles. The van der Waals surface area contributed by atoms with E-state index in [0.717, 1.165) is 38.2 Å². The van der Waals surface area contributed by atoms with Gasteiger partial charge in [-0.15, -0.1) is 0 Å². The fourth-order valence-corrected chi connectivity index (χ4v) is 6.39. The number of likely N-dealkylation sites (tertiary alicyclic amines) is 1. The van der Waals surface area contributed by atoms with Gasteiger partial charge in [0.05, 0.1) is 12.5 Å². The summed E-state index contributed by atoms with van der Waals surface area (Å²) in [6, 6.07) is 14.2. The van der Waals surface area contributed by atoms with E-state index >= 15 is 0 Å². The van der Waals surface area contributed by atoms with Crippen LogP contribution in [0.4, 0.5) is 8.78 Å². The Labute approximate surface area is 228 Å². The molecule has 39 heavy (non-hydrogen) atoms. The first kappa shape index (κ1) is 27.3. The molecule has 2 aliphatic rings. The Balaban J connectivity index is 1.11. The third-order valence-electron chi connectivity index (χ3n) is 8.69. The number of alkyl halides is 2. The molecule has 1 saturated carbocycles. The lowest BCUT2D eigenvalue weighted by Crippen LogP contribution is -2.54. The minimum Gasteiger partial charge on any atom is -0.368 e. The average molecular weight is 537 g/mol. The number of amides is 2. The van der Waals surface area contributed by atoms with E-state index in [2.05, 4.69) is 34.7 Å². The van der Waals surface area contributed by atoms with Crippen LogP contribution in [0.2, 0.25) is 0 Å². The maximum atomic E-state index is 13.5. The molecule has 0 spiro atoms. The summed E-state index contributed by atoms with van der Waals surface area (Å²) in [4.78, 5) is 30.5. The SMILES string of the molecule is CC(F)(F)c1ccc(CC(=O)N2CCC(C(NC3CCC(c4c[nH]c5ccccc45)CC3)C(N)=O)CC2)cc1. The summed E-state index contributed by atoms with van der Waals surface area (Å²) in [5.41, 5.74) is 9.06. The molecule has 1 saturated heterocycles. The van der Waals surface area contributed by atoms with Crippen LogP contribution in [0.5, 0.6) is 0 Å². The molecule has 0 bridgehead atoms. The summed E-state index contributed by atoms with van der Waals surface area (Å²) in [5, 5.41) is 4.88. The van der Waals surface area contributed by atoms with Crippen molar-refractivity contribution < 1.29 is 18.4 Å². The highest BCUT2D eigenvalue weighted by atomic mass is 19.3. The lowest BCUT2D eigenvalue weighted by molar-refractivity contribution is -0.132. The van der Waals surface area contributed by atoms with Crippen LogP contribution in [-0.4, -0.2) is 46.9 Å². The van der Waals surface area contributed by atoms with Crippen LogP contribution >= 0.6 is 0 Å². The number of aromatic amines is 1. The van der Waals surface area contributed by atoms with Crippen LogP contribution in [0.15, 0.2) is 54.7 Å². The summed E-state index contributed by atoms with van der Waals surface area (Å²) in [5.74, 6) is -2.65. The number of nitrogens with two attached hydrogens (primary N) is 1. The predicted molar refractivity (Wildman–Crippen MR) is 148 cm³/mol.